The van der Waals surface area contributed by atoms with Crippen molar-refractivity contribution in [2.45, 2.75) is 0 Å². The minimum atomic E-state index is -0.622. The lowest BCUT2D eigenvalue weighted by Gasteiger charge is -2.09. The molecule has 2 N–H and O–H groups in total. The molecule has 116 valence electrons. The lowest BCUT2D eigenvalue weighted by molar-refractivity contribution is 0.0995. The molecule has 0 unspecified atom stereocenters. The van der Waals surface area contributed by atoms with Gasteiger partial charge in [0, 0.05) is 5.56 Å². The van der Waals surface area contributed by atoms with Gasteiger partial charge in [-0.1, -0.05) is 0 Å². The second-order valence-corrected chi connectivity index (χ2v) is 4.73. The van der Waals surface area contributed by atoms with E-state index in [0.29, 0.717) is 28.4 Å². The van der Waals surface area contributed by atoms with Crippen LogP contribution in [0.5, 0.6) is 11.5 Å². The van der Waals surface area contributed by atoms with Crippen LogP contribution in [0, 0.1) is 0 Å². The second-order valence-electron chi connectivity index (χ2n) is 4.73. The topological polar surface area (TPSA) is 100 Å². The number of benzene rings is 1. The van der Waals surface area contributed by atoms with E-state index in [1.807, 2.05) is 18.2 Å². The Labute approximate surface area is 132 Å². The molecule has 0 aliphatic rings. The number of ether oxygens (including phenoxy) is 2. The second kappa shape index (κ2) is 5.88. The van der Waals surface area contributed by atoms with E-state index in [4.69, 9.17) is 15.2 Å². The van der Waals surface area contributed by atoms with Crippen molar-refractivity contribution in [1.82, 2.24) is 15.0 Å². The largest absolute Gasteiger partial charge is 0.493 e. The van der Waals surface area contributed by atoms with Gasteiger partial charge in [-0.25, -0.2) is 15.0 Å². The zero-order valence-electron chi connectivity index (χ0n) is 12.6. The van der Waals surface area contributed by atoms with Crippen LogP contribution in [0.3, 0.4) is 0 Å². The molecule has 0 aliphatic carbocycles. The molecule has 1 amide bonds. The van der Waals surface area contributed by atoms with E-state index >= 15 is 0 Å². The fourth-order valence-electron chi connectivity index (χ4n) is 2.18. The maximum atomic E-state index is 11.1. The summed E-state index contributed by atoms with van der Waals surface area (Å²) in [6, 6.07) is 9.05. The number of rotatable bonds is 4. The first-order chi connectivity index (χ1) is 11.1. The summed E-state index contributed by atoms with van der Waals surface area (Å²) in [6.07, 6.45) is 1.32. The van der Waals surface area contributed by atoms with E-state index in [2.05, 4.69) is 15.0 Å². The highest BCUT2D eigenvalue weighted by molar-refractivity contribution is 5.92. The molecule has 2 heterocycles. The van der Waals surface area contributed by atoms with Crippen molar-refractivity contribution in [2.24, 2.45) is 5.73 Å². The number of pyridine rings is 1. The monoisotopic (exact) mass is 310 g/mol. The van der Waals surface area contributed by atoms with E-state index in [9.17, 15) is 4.79 Å². The number of nitrogens with two attached hydrogens (primary N) is 1. The van der Waals surface area contributed by atoms with Crippen LogP contribution in [0.15, 0.2) is 36.5 Å². The smallest absolute Gasteiger partial charge is 0.268 e. The number of carbonyl (C=O) groups excluding carboxylic acids is 1. The number of fused-ring (bicyclic) bond motifs is 1. The predicted molar refractivity (Wildman–Crippen MR) is 84.4 cm³/mol. The number of carbonyl (C=O) groups is 1. The molecule has 0 fully saturated rings. The lowest BCUT2D eigenvalue weighted by atomic mass is 10.1. The van der Waals surface area contributed by atoms with Crippen LogP contribution < -0.4 is 15.2 Å². The first kappa shape index (κ1) is 14.7. The van der Waals surface area contributed by atoms with E-state index in [0.717, 1.165) is 5.56 Å². The number of hydrogen-bond acceptors (Lipinski definition) is 6. The van der Waals surface area contributed by atoms with Crippen molar-refractivity contribution in [2.75, 3.05) is 14.2 Å². The van der Waals surface area contributed by atoms with Gasteiger partial charge >= 0.3 is 0 Å². The summed E-state index contributed by atoms with van der Waals surface area (Å²) >= 11 is 0. The van der Waals surface area contributed by atoms with Gasteiger partial charge in [-0.2, -0.15) is 0 Å². The number of nitrogens with zero attached hydrogens (tertiary/aromatic N) is 3. The number of hydrogen-bond donors (Lipinski definition) is 1. The van der Waals surface area contributed by atoms with Crippen LogP contribution >= 0.6 is 0 Å². The highest BCUT2D eigenvalue weighted by Gasteiger charge is 2.10. The van der Waals surface area contributed by atoms with Crippen molar-refractivity contribution < 1.29 is 14.3 Å². The van der Waals surface area contributed by atoms with E-state index in [-0.39, 0.29) is 5.69 Å². The van der Waals surface area contributed by atoms with Gasteiger partial charge in [-0.15, -0.1) is 0 Å². The summed E-state index contributed by atoms with van der Waals surface area (Å²) in [4.78, 5) is 23.9. The Morgan fingerprint density at radius 1 is 1.04 bits per heavy atom. The molecule has 0 radical (unpaired) electrons. The Morgan fingerprint density at radius 3 is 2.52 bits per heavy atom. The summed E-state index contributed by atoms with van der Waals surface area (Å²) < 4.78 is 10.5. The van der Waals surface area contributed by atoms with Gasteiger partial charge in [0.1, 0.15) is 11.2 Å². The molecule has 0 bridgehead atoms. The molecule has 1 aromatic carbocycles. The van der Waals surface area contributed by atoms with Gasteiger partial charge in [0.2, 0.25) is 0 Å². The Morgan fingerprint density at radius 2 is 1.83 bits per heavy atom. The van der Waals surface area contributed by atoms with E-state index < -0.39 is 5.91 Å². The minimum Gasteiger partial charge on any atom is -0.493 e. The molecular formula is C16H14N4O3. The highest BCUT2D eigenvalue weighted by Crippen LogP contribution is 2.31. The molecule has 3 rings (SSSR count). The van der Waals surface area contributed by atoms with Gasteiger partial charge in [0.15, 0.2) is 17.1 Å². The minimum absolute atomic E-state index is 0.109. The summed E-state index contributed by atoms with van der Waals surface area (Å²) in [5.74, 6) is 0.633. The molecule has 23 heavy (non-hydrogen) atoms. The summed E-state index contributed by atoms with van der Waals surface area (Å²) in [5.41, 5.74) is 7.80. The Bertz CT molecular complexity index is 896. The van der Waals surface area contributed by atoms with Crippen LogP contribution in [0.4, 0.5) is 0 Å². The average Bonchev–Trinajstić information content (AvgIpc) is 2.60. The zero-order chi connectivity index (χ0) is 16.4. The number of amides is 1. The van der Waals surface area contributed by atoms with Crippen molar-refractivity contribution in [1.29, 1.82) is 0 Å². The summed E-state index contributed by atoms with van der Waals surface area (Å²) in [7, 11) is 3.16. The fraction of sp³-hybridized carbons (Fsp3) is 0.125. The Balaban J connectivity index is 2.07. The molecule has 0 saturated heterocycles. The van der Waals surface area contributed by atoms with Gasteiger partial charge in [-0.05, 0) is 30.3 Å². The first-order valence-corrected chi connectivity index (χ1v) is 6.78. The van der Waals surface area contributed by atoms with Gasteiger partial charge in [-0.3, -0.25) is 4.79 Å². The number of aromatic nitrogens is 3. The Hall–Kier alpha value is -3.22. The highest BCUT2D eigenvalue weighted by atomic mass is 16.5. The van der Waals surface area contributed by atoms with Crippen molar-refractivity contribution in [3.05, 3.63) is 42.2 Å². The van der Waals surface area contributed by atoms with Crippen LogP contribution in [0.25, 0.3) is 22.4 Å². The van der Waals surface area contributed by atoms with Crippen molar-refractivity contribution >= 4 is 17.1 Å². The van der Waals surface area contributed by atoms with Crippen molar-refractivity contribution in [3.8, 4) is 22.8 Å². The van der Waals surface area contributed by atoms with Gasteiger partial charge < -0.3 is 15.2 Å². The molecule has 0 saturated carbocycles. The predicted octanol–water partition coefficient (Wildman–Crippen LogP) is 1.81. The molecule has 2 aromatic heterocycles. The Kier molecular flexibility index (Phi) is 3.76. The fourth-order valence-corrected chi connectivity index (χ4v) is 2.18. The van der Waals surface area contributed by atoms with Crippen LogP contribution in [-0.4, -0.2) is 35.1 Å². The maximum Gasteiger partial charge on any atom is 0.268 e. The van der Waals surface area contributed by atoms with Crippen LogP contribution in [0.1, 0.15) is 10.5 Å². The molecule has 0 atom stereocenters. The first-order valence-electron chi connectivity index (χ1n) is 6.78. The third-order valence-electron chi connectivity index (χ3n) is 3.34. The average molecular weight is 310 g/mol. The summed E-state index contributed by atoms with van der Waals surface area (Å²) in [6.45, 7) is 0. The molecule has 0 aliphatic heterocycles. The van der Waals surface area contributed by atoms with Gasteiger partial charge in [0.25, 0.3) is 5.91 Å². The SMILES string of the molecule is COc1ccc(-c2ccc3nc(C(N)=O)cnc3n2)cc1OC. The number of methoxy groups -OCH3 is 2. The number of primary amides is 1. The molecule has 0 spiro atoms. The zero-order valence-corrected chi connectivity index (χ0v) is 12.6. The summed E-state index contributed by atoms with van der Waals surface area (Å²) in [5, 5.41) is 0. The third-order valence-corrected chi connectivity index (χ3v) is 3.34. The van der Waals surface area contributed by atoms with Crippen LogP contribution in [-0.2, 0) is 0 Å². The molecular weight excluding hydrogens is 296 g/mol. The van der Waals surface area contributed by atoms with Crippen molar-refractivity contribution in [3.63, 3.8) is 0 Å². The van der Waals surface area contributed by atoms with Gasteiger partial charge in [0.05, 0.1) is 26.1 Å². The van der Waals surface area contributed by atoms with E-state index in [1.54, 1.807) is 26.4 Å². The molecule has 7 heteroatoms. The molecule has 7 nitrogen and oxygen atoms in total. The normalized spacial score (nSPS) is 10.5. The maximum absolute atomic E-state index is 11.1. The van der Waals surface area contributed by atoms with Crippen LogP contribution in [0.2, 0.25) is 0 Å². The third kappa shape index (κ3) is 2.76. The quantitative estimate of drug-likeness (QED) is 0.788. The lowest BCUT2D eigenvalue weighted by Crippen LogP contribution is -2.13. The standard InChI is InChI=1S/C16H14N4O3/c1-22-13-6-3-9(7-14(13)23-2)10-4-5-11-16(20-10)18-8-12(19-11)15(17)21/h3-8H,1-2H3,(H2,17,21). The molecule has 3 aromatic rings. The van der Waals surface area contributed by atoms with E-state index in [1.165, 1.54) is 6.20 Å².